The Hall–Kier alpha value is -0.450. The number of rotatable bonds is 6. The molecular weight excluding hydrogens is 363 g/mol. The molecule has 2 N–H and O–H groups in total. The van der Waals surface area contributed by atoms with Crippen LogP contribution in [0.25, 0.3) is 0 Å². The largest absolute Gasteiger partial charge is 0.373 e. The predicted molar refractivity (Wildman–Crippen MR) is 89.7 cm³/mol. The Morgan fingerprint density at radius 2 is 1.90 bits per heavy atom. The molecule has 6 heteroatoms. The van der Waals surface area contributed by atoms with Crippen molar-refractivity contribution in [1.29, 1.82) is 0 Å². The van der Waals surface area contributed by atoms with Gasteiger partial charge in [-0.1, -0.05) is 37.0 Å². The Labute approximate surface area is 138 Å². The molecule has 3 nitrogen and oxygen atoms in total. The fraction of sp³-hybridized carbons (Fsp3) is 0.500. The monoisotopic (exact) mass is 380 g/mol. The first-order valence-electron chi connectivity index (χ1n) is 6.50. The molecule has 112 valence electrons. The van der Waals surface area contributed by atoms with Gasteiger partial charge in [0.15, 0.2) is 0 Å². The molecule has 20 heavy (non-hydrogen) atoms. The summed E-state index contributed by atoms with van der Waals surface area (Å²) in [6.45, 7) is 6.71. The Morgan fingerprint density at radius 3 is 2.50 bits per heavy atom. The number of anilines is 1. The van der Waals surface area contributed by atoms with E-state index in [9.17, 15) is 4.79 Å². The molecule has 0 aromatic heterocycles. The van der Waals surface area contributed by atoms with Crippen molar-refractivity contribution in [1.82, 2.24) is 5.32 Å². The van der Waals surface area contributed by atoms with Crippen LogP contribution in [0, 0.1) is 5.92 Å². The molecule has 0 spiro atoms. The molecule has 1 aromatic carbocycles. The summed E-state index contributed by atoms with van der Waals surface area (Å²) in [6, 6.07) is 3.20. The lowest BCUT2D eigenvalue weighted by Gasteiger charge is -2.17. The minimum Gasteiger partial charge on any atom is -0.373 e. The third kappa shape index (κ3) is 5.15. The quantitative estimate of drug-likeness (QED) is 0.700. The first-order chi connectivity index (χ1) is 9.32. The molecule has 0 saturated heterocycles. The maximum Gasteiger partial charge on any atom is 0.242 e. The zero-order chi connectivity index (χ0) is 15.3. The minimum atomic E-state index is -0.378. The molecule has 0 bridgehead atoms. The van der Waals surface area contributed by atoms with Crippen molar-refractivity contribution in [2.45, 2.75) is 33.2 Å². The number of amides is 1. The third-order valence-electron chi connectivity index (χ3n) is 2.82. The molecule has 0 fully saturated rings. The van der Waals surface area contributed by atoms with Gasteiger partial charge in [0, 0.05) is 11.0 Å². The van der Waals surface area contributed by atoms with Gasteiger partial charge in [0.1, 0.15) is 6.04 Å². The van der Waals surface area contributed by atoms with Crippen molar-refractivity contribution in [2.24, 2.45) is 5.92 Å². The average Bonchev–Trinajstić information content (AvgIpc) is 2.38. The van der Waals surface area contributed by atoms with Crippen LogP contribution in [-0.2, 0) is 4.79 Å². The zero-order valence-corrected chi connectivity index (χ0v) is 14.9. The first kappa shape index (κ1) is 17.6. The SMILES string of the molecule is CC(C)CCNC(=O)C(C)Nc1ccc(Br)c(Cl)c1Cl. The summed E-state index contributed by atoms with van der Waals surface area (Å²) in [5.41, 5.74) is 0.645. The summed E-state index contributed by atoms with van der Waals surface area (Å²) >= 11 is 15.5. The maximum atomic E-state index is 11.9. The first-order valence-corrected chi connectivity index (χ1v) is 8.05. The zero-order valence-electron chi connectivity index (χ0n) is 11.8. The molecule has 1 amide bonds. The summed E-state index contributed by atoms with van der Waals surface area (Å²) in [6.07, 6.45) is 0.962. The molecular formula is C14H19BrCl2N2O. The molecule has 1 rings (SSSR count). The smallest absolute Gasteiger partial charge is 0.242 e. The Morgan fingerprint density at radius 1 is 1.25 bits per heavy atom. The van der Waals surface area contributed by atoms with Crippen LogP contribution < -0.4 is 10.6 Å². The number of hydrogen-bond donors (Lipinski definition) is 2. The molecule has 1 unspecified atom stereocenters. The standard InChI is InChI=1S/C14H19BrCl2N2O/c1-8(2)6-7-18-14(20)9(3)19-11-5-4-10(15)12(16)13(11)17/h4-5,8-9,19H,6-7H2,1-3H3,(H,18,20). The topological polar surface area (TPSA) is 41.1 Å². The van der Waals surface area contributed by atoms with E-state index < -0.39 is 0 Å². The second kappa shape index (κ2) is 8.11. The van der Waals surface area contributed by atoms with Crippen LogP contribution in [0.3, 0.4) is 0 Å². The van der Waals surface area contributed by atoms with Crippen molar-refractivity contribution in [3.05, 3.63) is 26.7 Å². The second-order valence-electron chi connectivity index (χ2n) is 5.06. The van der Waals surface area contributed by atoms with E-state index in [4.69, 9.17) is 23.2 Å². The summed E-state index contributed by atoms with van der Waals surface area (Å²) in [5, 5.41) is 6.80. The van der Waals surface area contributed by atoms with Crippen LogP contribution in [0.4, 0.5) is 5.69 Å². The lowest BCUT2D eigenvalue weighted by atomic mass is 10.1. The van der Waals surface area contributed by atoms with Crippen LogP contribution >= 0.6 is 39.1 Å². The van der Waals surface area contributed by atoms with Gasteiger partial charge in [-0.05, 0) is 47.3 Å². The maximum absolute atomic E-state index is 11.9. The van der Waals surface area contributed by atoms with E-state index in [2.05, 4.69) is 40.4 Å². The molecule has 0 saturated carbocycles. The number of halogens is 3. The van der Waals surface area contributed by atoms with Gasteiger partial charge < -0.3 is 10.6 Å². The van der Waals surface area contributed by atoms with Crippen molar-refractivity contribution in [3.63, 3.8) is 0 Å². The molecule has 1 aromatic rings. The van der Waals surface area contributed by atoms with E-state index in [1.54, 1.807) is 19.1 Å². The normalized spacial score (nSPS) is 12.3. The fourth-order valence-electron chi connectivity index (χ4n) is 1.57. The number of carbonyl (C=O) groups excluding carboxylic acids is 1. The van der Waals surface area contributed by atoms with Gasteiger partial charge in [-0.25, -0.2) is 0 Å². The predicted octanol–water partition coefficient (Wildman–Crippen LogP) is 4.72. The third-order valence-corrected chi connectivity index (χ3v) is 4.59. The highest BCUT2D eigenvalue weighted by molar-refractivity contribution is 9.10. The van der Waals surface area contributed by atoms with Crippen LogP contribution in [0.1, 0.15) is 27.2 Å². The van der Waals surface area contributed by atoms with Crippen LogP contribution in [-0.4, -0.2) is 18.5 Å². The van der Waals surface area contributed by atoms with Gasteiger partial charge in [0.25, 0.3) is 0 Å². The Bertz CT molecular complexity index is 480. The van der Waals surface area contributed by atoms with E-state index in [0.29, 0.717) is 28.2 Å². The van der Waals surface area contributed by atoms with Crippen molar-refractivity contribution < 1.29 is 4.79 Å². The van der Waals surface area contributed by atoms with Crippen molar-refractivity contribution in [2.75, 3.05) is 11.9 Å². The summed E-state index contributed by atoms with van der Waals surface area (Å²) < 4.78 is 0.726. The van der Waals surface area contributed by atoms with E-state index in [-0.39, 0.29) is 11.9 Å². The van der Waals surface area contributed by atoms with Gasteiger partial charge in [-0.3, -0.25) is 4.79 Å². The van der Waals surface area contributed by atoms with E-state index in [1.165, 1.54) is 0 Å². The van der Waals surface area contributed by atoms with Crippen LogP contribution in [0.5, 0.6) is 0 Å². The average molecular weight is 382 g/mol. The highest BCUT2D eigenvalue weighted by atomic mass is 79.9. The summed E-state index contributed by atoms with van der Waals surface area (Å²) in [5.74, 6) is 0.513. The van der Waals surface area contributed by atoms with E-state index >= 15 is 0 Å². The Balaban J connectivity index is 2.60. The molecule has 0 aliphatic rings. The van der Waals surface area contributed by atoms with Crippen LogP contribution in [0.15, 0.2) is 16.6 Å². The lowest BCUT2D eigenvalue weighted by molar-refractivity contribution is -0.121. The van der Waals surface area contributed by atoms with Gasteiger partial charge in [0.05, 0.1) is 15.7 Å². The van der Waals surface area contributed by atoms with Gasteiger partial charge >= 0.3 is 0 Å². The van der Waals surface area contributed by atoms with E-state index in [1.807, 2.05) is 0 Å². The fourth-order valence-corrected chi connectivity index (χ4v) is 2.40. The van der Waals surface area contributed by atoms with Gasteiger partial charge in [0.2, 0.25) is 5.91 Å². The van der Waals surface area contributed by atoms with E-state index in [0.717, 1.165) is 10.9 Å². The van der Waals surface area contributed by atoms with Crippen molar-refractivity contribution >= 4 is 50.7 Å². The Kier molecular flexibility index (Phi) is 7.13. The molecule has 0 aliphatic heterocycles. The van der Waals surface area contributed by atoms with Crippen molar-refractivity contribution in [3.8, 4) is 0 Å². The summed E-state index contributed by atoms with van der Waals surface area (Å²) in [4.78, 5) is 11.9. The second-order valence-corrected chi connectivity index (χ2v) is 6.67. The molecule has 1 atom stereocenters. The molecule has 0 heterocycles. The summed E-state index contributed by atoms with van der Waals surface area (Å²) in [7, 11) is 0. The lowest BCUT2D eigenvalue weighted by Crippen LogP contribution is -2.38. The minimum absolute atomic E-state index is 0.0549. The number of carbonyl (C=O) groups is 1. The molecule has 0 aliphatic carbocycles. The van der Waals surface area contributed by atoms with Gasteiger partial charge in [-0.15, -0.1) is 0 Å². The molecule has 0 radical (unpaired) electrons. The van der Waals surface area contributed by atoms with Gasteiger partial charge in [-0.2, -0.15) is 0 Å². The number of benzene rings is 1. The number of nitrogens with one attached hydrogen (secondary N) is 2. The van der Waals surface area contributed by atoms with Crippen LogP contribution in [0.2, 0.25) is 10.0 Å². The highest BCUT2D eigenvalue weighted by Gasteiger charge is 2.15. The number of hydrogen-bond acceptors (Lipinski definition) is 2. The highest BCUT2D eigenvalue weighted by Crippen LogP contribution is 2.36.